The van der Waals surface area contributed by atoms with Crippen LogP contribution in [0.25, 0.3) is 0 Å². The van der Waals surface area contributed by atoms with E-state index in [0.717, 1.165) is 13.0 Å². The van der Waals surface area contributed by atoms with E-state index >= 15 is 0 Å². The molecule has 0 unspecified atom stereocenters. The van der Waals surface area contributed by atoms with E-state index < -0.39 is 0 Å². The molecule has 78 valence electrons. The highest BCUT2D eigenvalue weighted by molar-refractivity contribution is 7.98. The molecule has 1 rings (SSSR count). The predicted molar refractivity (Wildman–Crippen MR) is 64.9 cm³/mol. The molecule has 0 fully saturated rings. The first-order valence-corrected chi connectivity index (χ1v) is 6.17. The summed E-state index contributed by atoms with van der Waals surface area (Å²) < 4.78 is 0. The van der Waals surface area contributed by atoms with Gasteiger partial charge < -0.3 is 5.73 Å². The zero-order valence-corrected chi connectivity index (χ0v) is 10.0. The lowest BCUT2D eigenvalue weighted by molar-refractivity contribution is 0.487. The summed E-state index contributed by atoms with van der Waals surface area (Å²) >= 11 is 1.78. The van der Waals surface area contributed by atoms with Crippen LogP contribution in [0, 0.1) is 0 Å². The van der Waals surface area contributed by atoms with Crippen LogP contribution in [-0.2, 0) is 5.41 Å². The van der Waals surface area contributed by atoms with Gasteiger partial charge in [0.2, 0.25) is 0 Å². The average Bonchev–Trinajstić information content (AvgIpc) is 2.18. The van der Waals surface area contributed by atoms with Gasteiger partial charge in [-0.2, -0.15) is 0 Å². The zero-order valence-electron chi connectivity index (χ0n) is 9.21. The van der Waals surface area contributed by atoms with Gasteiger partial charge in [-0.05, 0) is 42.3 Å². The first-order valence-electron chi connectivity index (χ1n) is 4.95. The summed E-state index contributed by atoms with van der Waals surface area (Å²) in [4.78, 5) is 1.32. The van der Waals surface area contributed by atoms with Gasteiger partial charge >= 0.3 is 0 Å². The van der Waals surface area contributed by atoms with Crippen molar-refractivity contribution in [2.75, 3.05) is 12.8 Å². The Bertz CT molecular complexity index is 277. The van der Waals surface area contributed by atoms with Crippen molar-refractivity contribution in [3.63, 3.8) is 0 Å². The van der Waals surface area contributed by atoms with Crippen LogP contribution in [0.15, 0.2) is 29.2 Å². The Labute approximate surface area is 91.1 Å². The largest absolute Gasteiger partial charge is 0.330 e. The SMILES string of the molecule is CSc1ccc(C(C)(C)CCN)cc1. The number of hydrogen-bond donors (Lipinski definition) is 1. The van der Waals surface area contributed by atoms with E-state index in [1.165, 1.54) is 10.5 Å². The second-order valence-corrected chi connectivity index (χ2v) is 5.03. The molecule has 1 aromatic carbocycles. The summed E-state index contributed by atoms with van der Waals surface area (Å²) in [6.45, 7) is 5.24. The molecule has 0 aliphatic rings. The van der Waals surface area contributed by atoms with E-state index in [1.54, 1.807) is 11.8 Å². The lowest BCUT2D eigenvalue weighted by atomic mass is 9.82. The van der Waals surface area contributed by atoms with Crippen molar-refractivity contribution in [2.24, 2.45) is 5.73 Å². The van der Waals surface area contributed by atoms with Crippen molar-refractivity contribution >= 4 is 11.8 Å². The van der Waals surface area contributed by atoms with E-state index in [1.807, 2.05) is 0 Å². The summed E-state index contributed by atoms with van der Waals surface area (Å²) in [7, 11) is 0. The van der Waals surface area contributed by atoms with Gasteiger partial charge in [0, 0.05) is 4.90 Å². The van der Waals surface area contributed by atoms with Gasteiger partial charge in [0.15, 0.2) is 0 Å². The van der Waals surface area contributed by atoms with Gasteiger partial charge in [-0.3, -0.25) is 0 Å². The Hall–Kier alpha value is -0.470. The zero-order chi connectivity index (χ0) is 10.6. The highest BCUT2D eigenvalue weighted by Gasteiger charge is 2.18. The van der Waals surface area contributed by atoms with Crippen molar-refractivity contribution in [3.8, 4) is 0 Å². The number of hydrogen-bond acceptors (Lipinski definition) is 2. The number of benzene rings is 1. The van der Waals surface area contributed by atoms with Gasteiger partial charge in [-0.25, -0.2) is 0 Å². The minimum Gasteiger partial charge on any atom is -0.330 e. The fourth-order valence-electron chi connectivity index (χ4n) is 1.55. The van der Waals surface area contributed by atoms with Crippen molar-refractivity contribution in [2.45, 2.75) is 30.6 Å². The van der Waals surface area contributed by atoms with Crippen LogP contribution in [0.2, 0.25) is 0 Å². The summed E-state index contributed by atoms with van der Waals surface area (Å²) in [5.74, 6) is 0. The van der Waals surface area contributed by atoms with Crippen LogP contribution >= 0.6 is 11.8 Å². The molecule has 2 N–H and O–H groups in total. The second-order valence-electron chi connectivity index (χ2n) is 4.15. The number of thioether (sulfide) groups is 1. The van der Waals surface area contributed by atoms with Crippen LogP contribution in [0.1, 0.15) is 25.8 Å². The quantitative estimate of drug-likeness (QED) is 0.771. The first-order chi connectivity index (χ1) is 6.60. The number of nitrogens with two attached hydrogens (primary N) is 1. The summed E-state index contributed by atoms with van der Waals surface area (Å²) in [6, 6.07) is 8.78. The van der Waals surface area contributed by atoms with Gasteiger partial charge in [-0.1, -0.05) is 26.0 Å². The number of rotatable bonds is 4. The maximum absolute atomic E-state index is 5.60. The van der Waals surface area contributed by atoms with Crippen LogP contribution in [-0.4, -0.2) is 12.8 Å². The topological polar surface area (TPSA) is 26.0 Å². The fraction of sp³-hybridized carbons (Fsp3) is 0.500. The van der Waals surface area contributed by atoms with Crippen LogP contribution in [0.3, 0.4) is 0 Å². The third-order valence-electron chi connectivity index (χ3n) is 2.64. The molecule has 0 atom stereocenters. The van der Waals surface area contributed by atoms with E-state index in [-0.39, 0.29) is 5.41 Å². The van der Waals surface area contributed by atoms with Gasteiger partial charge in [0.05, 0.1) is 0 Å². The highest BCUT2D eigenvalue weighted by Crippen LogP contribution is 2.27. The summed E-state index contributed by atoms with van der Waals surface area (Å²) in [6.07, 6.45) is 3.13. The Balaban J connectivity index is 2.85. The van der Waals surface area contributed by atoms with Crippen molar-refractivity contribution in [3.05, 3.63) is 29.8 Å². The Morgan fingerprint density at radius 1 is 1.21 bits per heavy atom. The molecule has 1 aromatic rings. The standard InChI is InChI=1S/C12H19NS/c1-12(2,8-9-13)10-4-6-11(14-3)7-5-10/h4-7H,8-9,13H2,1-3H3. The normalized spacial score (nSPS) is 11.7. The van der Waals surface area contributed by atoms with Crippen LogP contribution in [0.4, 0.5) is 0 Å². The van der Waals surface area contributed by atoms with Gasteiger partial charge in [0.1, 0.15) is 0 Å². The van der Waals surface area contributed by atoms with E-state index in [9.17, 15) is 0 Å². The minimum atomic E-state index is 0.200. The Morgan fingerprint density at radius 3 is 2.21 bits per heavy atom. The molecule has 0 aromatic heterocycles. The molecule has 14 heavy (non-hydrogen) atoms. The van der Waals surface area contributed by atoms with Crippen LogP contribution < -0.4 is 5.73 Å². The molecule has 0 saturated carbocycles. The second kappa shape index (κ2) is 4.85. The first kappa shape index (κ1) is 11.6. The monoisotopic (exact) mass is 209 g/mol. The molecule has 0 aliphatic heterocycles. The minimum absolute atomic E-state index is 0.200. The average molecular weight is 209 g/mol. The van der Waals surface area contributed by atoms with Crippen LogP contribution in [0.5, 0.6) is 0 Å². The Kier molecular flexibility index (Phi) is 4.02. The molecular weight excluding hydrogens is 190 g/mol. The van der Waals surface area contributed by atoms with Crippen molar-refractivity contribution in [1.29, 1.82) is 0 Å². The lowest BCUT2D eigenvalue weighted by Gasteiger charge is -2.24. The maximum Gasteiger partial charge on any atom is 0.00693 e. The lowest BCUT2D eigenvalue weighted by Crippen LogP contribution is -2.21. The molecule has 0 aliphatic carbocycles. The van der Waals surface area contributed by atoms with Crippen molar-refractivity contribution < 1.29 is 0 Å². The third kappa shape index (κ3) is 2.76. The third-order valence-corrected chi connectivity index (χ3v) is 3.38. The highest BCUT2D eigenvalue weighted by atomic mass is 32.2. The fourth-order valence-corrected chi connectivity index (χ4v) is 1.96. The molecule has 0 spiro atoms. The molecule has 2 heteroatoms. The molecule has 0 radical (unpaired) electrons. The van der Waals surface area contributed by atoms with E-state index in [2.05, 4.69) is 44.4 Å². The molecule has 0 bridgehead atoms. The van der Waals surface area contributed by atoms with Gasteiger partial charge in [-0.15, -0.1) is 11.8 Å². The molecular formula is C12H19NS. The predicted octanol–water partition coefficient (Wildman–Crippen LogP) is 3.03. The summed E-state index contributed by atoms with van der Waals surface area (Å²) in [5, 5.41) is 0. The van der Waals surface area contributed by atoms with Crippen molar-refractivity contribution in [1.82, 2.24) is 0 Å². The van der Waals surface area contributed by atoms with E-state index in [0.29, 0.717) is 0 Å². The van der Waals surface area contributed by atoms with Gasteiger partial charge in [0.25, 0.3) is 0 Å². The molecule has 0 saturated heterocycles. The van der Waals surface area contributed by atoms with E-state index in [4.69, 9.17) is 5.73 Å². The molecule has 0 heterocycles. The molecule has 1 nitrogen and oxygen atoms in total. The molecule has 0 amide bonds. The summed E-state index contributed by atoms with van der Waals surface area (Å²) in [5.41, 5.74) is 7.18. The smallest absolute Gasteiger partial charge is 0.00693 e. The maximum atomic E-state index is 5.60. The Morgan fingerprint density at radius 2 is 1.79 bits per heavy atom.